The number of nitrogens with zero attached hydrogens (tertiary/aromatic N) is 4. The van der Waals surface area contributed by atoms with Crippen LogP contribution in [0.4, 0.5) is 5.82 Å². The summed E-state index contributed by atoms with van der Waals surface area (Å²) in [5.41, 5.74) is 4.50. The Hall–Kier alpha value is -2.99. The average Bonchev–Trinajstić information content (AvgIpc) is 3.40. The normalized spacial score (nSPS) is 18.8. The minimum atomic E-state index is 0.260. The van der Waals surface area contributed by atoms with E-state index >= 15 is 0 Å². The fraction of sp³-hybridized carbons (Fsp3) is 0.348. The van der Waals surface area contributed by atoms with Crippen LogP contribution in [0.1, 0.15) is 25.7 Å². The van der Waals surface area contributed by atoms with Gasteiger partial charge in [0.1, 0.15) is 17.8 Å². The molecule has 2 aliphatic rings. The van der Waals surface area contributed by atoms with Gasteiger partial charge in [-0.05, 0) is 42.7 Å². The highest BCUT2D eigenvalue weighted by Crippen LogP contribution is 2.36. The summed E-state index contributed by atoms with van der Waals surface area (Å²) < 4.78 is 0. The molecule has 2 N–H and O–H groups in total. The summed E-state index contributed by atoms with van der Waals surface area (Å²) in [7, 11) is 0. The zero-order chi connectivity index (χ0) is 19.3. The molecule has 0 bridgehead atoms. The second-order valence-corrected chi connectivity index (χ2v) is 8.37. The number of piperazine rings is 1. The largest absolute Gasteiger partial charge is 0.353 e. The number of benzene rings is 1. The van der Waals surface area contributed by atoms with Crippen molar-refractivity contribution in [3.63, 3.8) is 0 Å². The summed E-state index contributed by atoms with van der Waals surface area (Å²) in [6.07, 6.45) is 10.7. The van der Waals surface area contributed by atoms with E-state index in [0.717, 1.165) is 53.0 Å². The van der Waals surface area contributed by atoms with Crippen molar-refractivity contribution in [1.82, 2.24) is 25.3 Å². The molecule has 4 aromatic rings. The molecule has 0 unspecified atom stereocenters. The van der Waals surface area contributed by atoms with Crippen LogP contribution in [0.15, 0.2) is 49.1 Å². The summed E-state index contributed by atoms with van der Waals surface area (Å²) in [5.74, 6) is 1.06. The molecule has 0 amide bonds. The van der Waals surface area contributed by atoms with Crippen molar-refractivity contribution in [2.45, 2.75) is 31.2 Å². The van der Waals surface area contributed by atoms with Crippen molar-refractivity contribution >= 4 is 27.8 Å². The number of fused-ring (bicyclic) bond motifs is 2. The van der Waals surface area contributed by atoms with Gasteiger partial charge in [0.25, 0.3) is 0 Å². The number of hydrogen-bond acceptors (Lipinski definition) is 5. The van der Waals surface area contributed by atoms with Crippen molar-refractivity contribution in [2.75, 3.05) is 24.5 Å². The van der Waals surface area contributed by atoms with Crippen LogP contribution < -0.4 is 10.2 Å². The molecule has 4 heterocycles. The van der Waals surface area contributed by atoms with Gasteiger partial charge in [0.2, 0.25) is 0 Å². The molecule has 29 heavy (non-hydrogen) atoms. The lowest BCUT2D eigenvalue weighted by atomic mass is 9.94. The maximum Gasteiger partial charge on any atom is 0.140 e. The van der Waals surface area contributed by atoms with E-state index < -0.39 is 0 Å². The molecule has 1 aliphatic carbocycles. The Morgan fingerprint density at radius 2 is 1.93 bits per heavy atom. The zero-order valence-electron chi connectivity index (χ0n) is 16.4. The van der Waals surface area contributed by atoms with Crippen LogP contribution in [0.3, 0.4) is 0 Å². The number of nitrogens with one attached hydrogen (secondary N) is 2. The van der Waals surface area contributed by atoms with Crippen molar-refractivity contribution in [1.29, 1.82) is 0 Å². The Kier molecular flexibility index (Phi) is 3.81. The van der Waals surface area contributed by atoms with Crippen LogP contribution in [-0.4, -0.2) is 45.1 Å². The van der Waals surface area contributed by atoms with Crippen LogP contribution in [0.5, 0.6) is 0 Å². The van der Waals surface area contributed by atoms with E-state index in [-0.39, 0.29) is 5.54 Å². The summed E-state index contributed by atoms with van der Waals surface area (Å²) in [5, 5.41) is 6.06. The lowest BCUT2D eigenvalue weighted by Gasteiger charge is -2.42. The summed E-state index contributed by atoms with van der Waals surface area (Å²) >= 11 is 0. The molecule has 6 rings (SSSR count). The van der Waals surface area contributed by atoms with Crippen molar-refractivity contribution in [3.8, 4) is 11.1 Å². The van der Waals surface area contributed by atoms with Gasteiger partial charge in [0.15, 0.2) is 0 Å². The Morgan fingerprint density at radius 1 is 1.00 bits per heavy atom. The Balaban J connectivity index is 1.45. The standard InChI is InChI=1S/C23H24N6/c1-2-8-23(7-1)14-29(11-10-28-23)22-18-12-16(5-6-20(18)26-15-27-22)19-13-25-21-17(19)4-3-9-24-21/h3-6,9,12-13,15,28H,1-2,7-8,10-11,14H2,(H,24,25). The number of pyridine rings is 1. The number of H-pyrrole nitrogens is 1. The highest BCUT2D eigenvalue weighted by Gasteiger charge is 2.38. The molecular weight excluding hydrogens is 360 g/mol. The number of rotatable bonds is 2. The topological polar surface area (TPSA) is 69.7 Å². The van der Waals surface area contributed by atoms with Gasteiger partial charge < -0.3 is 15.2 Å². The first-order valence-electron chi connectivity index (χ1n) is 10.5. The van der Waals surface area contributed by atoms with E-state index in [4.69, 9.17) is 4.98 Å². The van der Waals surface area contributed by atoms with Crippen molar-refractivity contribution in [2.24, 2.45) is 0 Å². The Labute approximate surface area is 169 Å². The van der Waals surface area contributed by atoms with Crippen molar-refractivity contribution in [3.05, 3.63) is 49.1 Å². The Bertz CT molecular complexity index is 1190. The molecular formula is C23H24N6. The molecule has 2 fully saturated rings. The van der Waals surface area contributed by atoms with Crippen LogP contribution in [0, 0.1) is 0 Å². The third kappa shape index (κ3) is 2.78. The molecule has 1 saturated carbocycles. The van der Waals surface area contributed by atoms with E-state index in [9.17, 15) is 0 Å². The van der Waals surface area contributed by atoms with Gasteiger partial charge >= 0.3 is 0 Å². The smallest absolute Gasteiger partial charge is 0.140 e. The monoisotopic (exact) mass is 384 g/mol. The number of aromatic nitrogens is 4. The molecule has 1 saturated heterocycles. The van der Waals surface area contributed by atoms with Gasteiger partial charge in [0.05, 0.1) is 5.52 Å². The molecule has 3 aromatic heterocycles. The van der Waals surface area contributed by atoms with E-state index in [1.54, 1.807) is 6.33 Å². The third-order valence-electron chi connectivity index (χ3n) is 6.61. The fourth-order valence-corrected chi connectivity index (χ4v) is 5.18. The predicted octanol–water partition coefficient (Wildman–Crippen LogP) is 3.90. The van der Waals surface area contributed by atoms with Gasteiger partial charge in [-0.15, -0.1) is 0 Å². The SMILES string of the molecule is c1cnc2[nH]cc(-c3ccc4ncnc(N5CCNC6(CCCC6)C5)c4c3)c2c1. The van der Waals surface area contributed by atoms with Gasteiger partial charge in [-0.3, -0.25) is 0 Å². The number of hydrogen-bond donors (Lipinski definition) is 2. The lowest BCUT2D eigenvalue weighted by molar-refractivity contribution is 0.303. The summed E-state index contributed by atoms with van der Waals surface area (Å²) in [6, 6.07) is 10.6. The third-order valence-corrected chi connectivity index (χ3v) is 6.61. The zero-order valence-corrected chi connectivity index (χ0v) is 16.4. The highest BCUT2D eigenvalue weighted by atomic mass is 15.3. The molecule has 0 radical (unpaired) electrons. The van der Waals surface area contributed by atoms with Crippen LogP contribution >= 0.6 is 0 Å². The van der Waals surface area contributed by atoms with E-state index in [1.807, 2.05) is 18.5 Å². The molecule has 6 heteroatoms. The molecule has 146 valence electrons. The number of aromatic amines is 1. The molecule has 1 spiro atoms. The van der Waals surface area contributed by atoms with E-state index in [0.29, 0.717) is 0 Å². The predicted molar refractivity (Wildman–Crippen MR) is 116 cm³/mol. The van der Waals surface area contributed by atoms with Gasteiger partial charge in [-0.25, -0.2) is 15.0 Å². The first-order chi connectivity index (χ1) is 14.3. The van der Waals surface area contributed by atoms with E-state index in [1.165, 1.54) is 31.2 Å². The second-order valence-electron chi connectivity index (χ2n) is 8.37. The number of anilines is 1. The molecule has 0 atom stereocenters. The molecule has 6 nitrogen and oxygen atoms in total. The first kappa shape index (κ1) is 16.9. The fourth-order valence-electron chi connectivity index (χ4n) is 5.18. The minimum absolute atomic E-state index is 0.260. The van der Waals surface area contributed by atoms with Crippen LogP contribution in [-0.2, 0) is 0 Å². The van der Waals surface area contributed by atoms with Gasteiger partial charge in [-0.2, -0.15) is 0 Å². The molecule has 1 aliphatic heterocycles. The second kappa shape index (κ2) is 6.52. The summed E-state index contributed by atoms with van der Waals surface area (Å²) in [4.78, 5) is 19.4. The minimum Gasteiger partial charge on any atom is -0.353 e. The van der Waals surface area contributed by atoms with Gasteiger partial charge in [-0.1, -0.05) is 18.9 Å². The van der Waals surface area contributed by atoms with E-state index in [2.05, 4.69) is 49.4 Å². The van der Waals surface area contributed by atoms with Gasteiger partial charge in [0, 0.05) is 53.9 Å². The average molecular weight is 384 g/mol. The maximum absolute atomic E-state index is 4.74. The first-order valence-corrected chi connectivity index (χ1v) is 10.5. The quantitative estimate of drug-likeness (QED) is 0.549. The molecule has 1 aromatic carbocycles. The summed E-state index contributed by atoms with van der Waals surface area (Å²) in [6.45, 7) is 3.02. The van der Waals surface area contributed by atoms with Crippen LogP contribution in [0.25, 0.3) is 33.1 Å². The Morgan fingerprint density at radius 3 is 2.86 bits per heavy atom. The highest BCUT2D eigenvalue weighted by molar-refractivity contribution is 5.98. The maximum atomic E-state index is 4.74. The lowest BCUT2D eigenvalue weighted by Crippen LogP contribution is -2.59. The van der Waals surface area contributed by atoms with Crippen molar-refractivity contribution < 1.29 is 0 Å². The van der Waals surface area contributed by atoms with Crippen LogP contribution in [0.2, 0.25) is 0 Å².